The van der Waals surface area contributed by atoms with Crippen LogP contribution in [0.15, 0.2) is 53.4 Å². The van der Waals surface area contributed by atoms with Crippen LogP contribution < -0.4 is 4.31 Å². The SMILES string of the molecule is CCCCN(c1ccccc1C(=O)O)S(=O)(=O)c1cccc([N+](=O)[O-])c1. The summed E-state index contributed by atoms with van der Waals surface area (Å²) < 4.78 is 27.2. The lowest BCUT2D eigenvalue weighted by molar-refractivity contribution is -0.385. The first-order valence-corrected chi connectivity index (χ1v) is 9.32. The van der Waals surface area contributed by atoms with Crippen LogP contribution in [0.5, 0.6) is 0 Å². The smallest absolute Gasteiger partial charge is 0.337 e. The predicted octanol–water partition coefficient (Wildman–Crippen LogP) is 3.29. The fraction of sp³-hybridized carbons (Fsp3) is 0.235. The first-order valence-electron chi connectivity index (χ1n) is 7.88. The second-order valence-corrected chi connectivity index (χ2v) is 7.37. The largest absolute Gasteiger partial charge is 0.478 e. The molecule has 0 spiro atoms. The molecule has 26 heavy (non-hydrogen) atoms. The minimum absolute atomic E-state index is 0.0277. The third-order valence-electron chi connectivity index (χ3n) is 3.73. The number of nitrogens with zero attached hydrogens (tertiary/aromatic N) is 2. The van der Waals surface area contributed by atoms with E-state index in [0.717, 1.165) is 10.4 Å². The number of rotatable bonds is 8. The minimum Gasteiger partial charge on any atom is -0.478 e. The number of sulfonamides is 1. The second-order valence-electron chi connectivity index (χ2n) is 5.51. The lowest BCUT2D eigenvalue weighted by Gasteiger charge is -2.25. The number of carboxylic acids is 1. The highest BCUT2D eigenvalue weighted by atomic mass is 32.2. The van der Waals surface area contributed by atoms with E-state index < -0.39 is 20.9 Å². The molecule has 0 aliphatic heterocycles. The number of carboxylic acid groups (broad SMARTS) is 1. The quantitative estimate of drug-likeness (QED) is 0.556. The van der Waals surface area contributed by atoms with Gasteiger partial charge in [0.05, 0.1) is 21.1 Å². The third-order valence-corrected chi connectivity index (χ3v) is 5.54. The van der Waals surface area contributed by atoms with Gasteiger partial charge in [0.15, 0.2) is 0 Å². The molecule has 0 heterocycles. The zero-order valence-electron chi connectivity index (χ0n) is 14.0. The number of hydrogen-bond donors (Lipinski definition) is 1. The van der Waals surface area contributed by atoms with Crippen molar-refractivity contribution in [2.75, 3.05) is 10.8 Å². The van der Waals surface area contributed by atoms with E-state index in [9.17, 15) is 28.4 Å². The Morgan fingerprint density at radius 3 is 2.50 bits per heavy atom. The summed E-state index contributed by atoms with van der Waals surface area (Å²) in [5.41, 5.74) is -0.481. The van der Waals surface area contributed by atoms with Crippen LogP contribution in [0, 0.1) is 10.1 Å². The number of unbranched alkanes of at least 4 members (excludes halogenated alkanes) is 1. The summed E-state index contributed by atoms with van der Waals surface area (Å²) in [7, 11) is -4.17. The van der Waals surface area contributed by atoms with E-state index in [-0.39, 0.29) is 28.4 Å². The number of aromatic carboxylic acids is 1. The first kappa shape index (κ1) is 19.4. The van der Waals surface area contributed by atoms with Crippen molar-refractivity contribution in [1.29, 1.82) is 0 Å². The summed E-state index contributed by atoms with van der Waals surface area (Å²) in [5, 5.41) is 20.3. The normalized spacial score (nSPS) is 11.1. The number of nitro groups is 1. The van der Waals surface area contributed by atoms with E-state index in [1.165, 1.54) is 36.4 Å². The molecule has 0 amide bonds. The second kappa shape index (κ2) is 7.96. The van der Waals surface area contributed by atoms with Crippen molar-refractivity contribution in [3.8, 4) is 0 Å². The molecule has 2 aromatic rings. The fourth-order valence-corrected chi connectivity index (χ4v) is 3.99. The molecule has 1 N–H and O–H groups in total. The summed E-state index contributed by atoms with van der Waals surface area (Å²) >= 11 is 0. The van der Waals surface area contributed by atoms with Gasteiger partial charge < -0.3 is 5.11 Å². The third kappa shape index (κ3) is 3.99. The van der Waals surface area contributed by atoms with Crippen LogP contribution in [-0.4, -0.2) is 31.0 Å². The van der Waals surface area contributed by atoms with Crippen LogP contribution >= 0.6 is 0 Å². The van der Waals surface area contributed by atoms with E-state index in [4.69, 9.17) is 0 Å². The molecule has 8 nitrogen and oxygen atoms in total. The number of benzene rings is 2. The van der Waals surface area contributed by atoms with Gasteiger partial charge in [-0.15, -0.1) is 0 Å². The maximum absolute atomic E-state index is 13.1. The Hall–Kier alpha value is -2.94. The van der Waals surface area contributed by atoms with E-state index in [2.05, 4.69) is 0 Å². The standard InChI is InChI=1S/C17H18N2O6S/c1-2-3-11-18(16-10-5-4-9-15(16)17(20)21)26(24,25)14-8-6-7-13(12-14)19(22)23/h4-10,12H,2-3,11H2,1H3,(H,20,21). The molecule has 2 rings (SSSR count). The maximum atomic E-state index is 13.1. The zero-order chi connectivity index (χ0) is 19.3. The molecule has 0 atom stereocenters. The molecule has 0 saturated carbocycles. The molecule has 9 heteroatoms. The fourth-order valence-electron chi connectivity index (χ4n) is 2.43. The Balaban J connectivity index is 2.61. The van der Waals surface area contributed by atoms with Gasteiger partial charge in [0, 0.05) is 18.7 Å². The summed E-state index contributed by atoms with van der Waals surface area (Å²) in [6.07, 6.45) is 1.19. The molecule has 138 valence electrons. The van der Waals surface area contributed by atoms with Gasteiger partial charge in [-0.2, -0.15) is 0 Å². The monoisotopic (exact) mass is 378 g/mol. The molecular formula is C17H18N2O6S. The number of non-ortho nitro benzene ring substituents is 1. The van der Waals surface area contributed by atoms with Gasteiger partial charge in [0.25, 0.3) is 15.7 Å². The van der Waals surface area contributed by atoms with Crippen LogP contribution in [0.3, 0.4) is 0 Å². The molecular weight excluding hydrogens is 360 g/mol. The lowest BCUT2D eigenvalue weighted by atomic mass is 10.1. The average molecular weight is 378 g/mol. The van der Waals surface area contributed by atoms with Gasteiger partial charge in [-0.3, -0.25) is 14.4 Å². The van der Waals surface area contributed by atoms with E-state index in [1.807, 2.05) is 6.92 Å². The molecule has 0 unspecified atom stereocenters. The van der Waals surface area contributed by atoms with Gasteiger partial charge >= 0.3 is 5.97 Å². The number of nitro benzene ring substituents is 1. The van der Waals surface area contributed by atoms with Crippen molar-refractivity contribution >= 4 is 27.4 Å². The number of anilines is 1. The summed E-state index contributed by atoms with van der Waals surface area (Å²) in [4.78, 5) is 21.5. The number of para-hydroxylation sites is 1. The van der Waals surface area contributed by atoms with Crippen molar-refractivity contribution < 1.29 is 23.2 Å². The predicted molar refractivity (Wildman–Crippen MR) is 95.9 cm³/mol. The Morgan fingerprint density at radius 2 is 1.88 bits per heavy atom. The number of hydrogen-bond acceptors (Lipinski definition) is 5. The molecule has 0 aromatic heterocycles. The van der Waals surface area contributed by atoms with E-state index in [1.54, 1.807) is 6.07 Å². The van der Waals surface area contributed by atoms with Crippen molar-refractivity contribution in [3.05, 3.63) is 64.2 Å². The van der Waals surface area contributed by atoms with Gasteiger partial charge in [-0.1, -0.05) is 31.5 Å². The highest BCUT2D eigenvalue weighted by Gasteiger charge is 2.29. The van der Waals surface area contributed by atoms with Crippen LogP contribution in [0.1, 0.15) is 30.1 Å². The van der Waals surface area contributed by atoms with E-state index >= 15 is 0 Å². The Labute approximate surface area is 150 Å². The molecule has 2 aromatic carbocycles. The topological polar surface area (TPSA) is 118 Å². The van der Waals surface area contributed by atoms with Crippen molar-refractivity contribution in [1.82, 2.24) is 0 Å². The summed E-state index contributed by atoms with van der Waals surface area (Å²) in [5.74, 6) is -1.25. The van der Waals surface area contributed by atoms with Crippen LogP contribution in [0.4, 0.5) is 11.4 Å². The van der Waals surface area contributed by atoms with Crippen molar-refractivity contribution in [2.24, 2.45) is 0 Å². The Bertz CT molecular complexity index is 926. The van der Waals surface area contributed by atoms with Crippen LogP contribution in [0.2, 0.25) is 0 Å². The highest BCUT2D eigenvalue weighted by Crippen LogP contribution is 2.29. The molecule has 0 aliphatic rings. The summed E-state index contributed by atoms with van der Waals surface area (Å²) in [6.45, 7) is 1.94. The zero-order valence-corrected chi connectivity index (χ0v) is 14.8. The average Bonchev–Trinajstić information content (AvgIpc) is 2.62. The maximum Gasteiger partial charge on any atom is 0.337 e. The van der Waals surface area contributed by atoms with Crippen LogP contribution in [0.25, 0.3) is 0 Å². The molecule has 0 aliphatic carbocycles. The summed E-state index contributed by atoms with van der Waals surface area (Å²) in [6, 6.07) is 10.5. The lowest BCUT2D eigenvalue weighted by Crippen LogP contribution is -2.33. The van der Waals surface area contributed by atoms with Gasteiger partial charge in [0.1, 0.15) is 0 Å². The molecule has 0 fully saturated rings. The van der Waals surface area contributed by atoms with Crippen LogP contribution in [-0.2, 0) is 10.0 Å². The van der Waals surface area contributed by atoms with Gasteiger partial charge in [0.2, 0.25) is 0 Å². The Morgan fingerprint density at radius 1 is 1.19 bits per heavy atom. The minimum atomic E-state index is -4.17. The Kier molecular flexibility index (Phi) is 5.93. The highest BCUT2D eigenvalue weighted by molar-refractivity contribution is 7.92. The molecule has 0 radical (unpaired) electrons. The first-order chi connectivity index (χ1) is 12.3. The van der Waals surface area contributed by atoms with E-state index in [0.29, 0.717) is 12.8 Å². The van der Waals surface area contributed by atoms with Crippen molar-refractivity contribution in [3.63, 3.8) is 0 Å². The molecule has 0 bridgehead atoms. The molecule has 0 saturated heterocycles. The number of carbonyl (C=O) groups is 1. The van der Waals surface area contributed by atoms with Gasteiger partial charge in [-0.05, 0) is 24.6 Å². The van der Waals surface area contributed by atoms with Gasteiger partial charge in [-0.25, -0.2) is 13.2 Å². The van der Waals surface area contributed by atoms with Crippen molar-refractivity contribution in [2.45, 2.75) is 24.7 Å².